The van der Waals surface area contributed by atoms with Crippen LogP contribution in [0.3, 0.4) is 0 Å². The highest BCUT2D eigenvalue weighted by molar-refractivity contribution is 7.80. The first kappa shape index (κ1) is 8.34. The third-order valence-electron chi connectivity index (χ3n) is 1.48. The fourth-order valence-electron chi connectivity index (χ4n) is 0.947. The summed E-state index contributed by atoms with van der Waals surface area (Å²) in [4.78, 5) is 0.825. The molecule has 0 heterocycles. The number of halogens is 1. The second-order valence-electron chi connectivity index (χ2n) is 2.44. The number of rotatable bonds is 2. The fraction of sp³-hybridized carbons (Fsp3) is 0.222. The van der Waals surface area contributed by atoms with Crippen LogP contribution < -0.4 is 0 Å². The molecule has 0 amide bonds. The second-order valence-corrected chi connectivity index (χ2v) is 2.93. The van der Waals surface area contributed by atoms with Gasteiger partial charge in [-0.15, -0.1) is 0 Å². The molecule has 0 aromatic carbocycles. The zero-order valence-corrected chi connectivity index (χ0v) is 6.96. The maximum absolute atomic E-state index is 12.3. The zero-order valence-electron chi connectivity index (χ0n) is 6.14. The average molecular weight is 168 g/mol. The minimum Gasteiger partial charge on any atom is -0.212 e. The average Bonchev–Trinajstić information content (AvgIpc) is 1.93. The van der Waals surface area contributed by atoms with Gasteiger partial charge in [-0.2, -0.15) is 0 Å². The van der Waals surface area contributed by atoms with E-state index in [0.29, 0.717) is 0 Å². The summed E-state index contributed by atoms with van der Waals surface area (Å²) in [7, 11) is 0. The Morgan fingerprint density at radius 1 is 1.73 bits per heavy atom. The molecule has 0 aromatic rings. The smallest absolute Gasteiger partial charge is 0.0972 e. The van der Waals surface area contributed by atoms with Gasteiger partial charge in [-0.05, 0) is 5.57 Å². The molecular weight excluding hydrogens is 159 g/mol. The van der Waals surface area contributed by atoms with Gasteiger partial charge in [-0.25, -0.2) is 4.39 Å². The van der Waals surface area contributed by atoms with Crippen molar-refractivity contribution in [2.24, 2.45) is 0 Å². The van der Waals surface area contributed by atoms with Crippen LogP contribution in [-0.2, 0) is 0 Å². The van der Waals surface area contributed by atoms with Gasteiger partial charge in [0.05, 0.1) is 5.83 Å². The van der Waals surface area contributed by atoms with Crippen molar-refractivity contribution >= 4 is 17.1 Å². The molecule has 0 N–H and O–H groups in total. The molecule has 0 bridgehead atoms. The van der Waals surface area contributed by atoms with E-state index in [1.807, 2.05) is 18.2 Å². The Morgan fingerprint density at radius 3 is 3.00 bits per heavy atom. The Kier molecular flexibility index (Phi) is 2.71. The van der Waals surface area contributed by atoms with Gasteiger partial charge in [0.1, 0.15) is 0 Å². The Morgan fingerprint density at radius 2 is 2.45 bits per heavy atom. The van der Waals surface area contributed by atoms with Crippen LogP contribution in [0.15, 0.2) is 36.2 Å². The van der Waals surface area contributed by atoms with Crippen molar-refractivity contribution in [2.75, 3.05) is 0 Å². The molecular formula is C9H9FS. The summed E-state index contributed by atoms with van der Waals surface area (Å²) in [5, 5.41) is 0. The first-order valence-corrected chi connectivity index (χ1v) is 3.83. The van der Waals surface area contributed by atoms with Crippen molar-refractivity contribution in [1.29, 1.82) is 0 Å². The Labute approximate surface area is 71.1 Å². The largest absolute Gasteiger partial charge is 0.212 e. The van der Waals surface area contributed by atoms with Crippen molar-refractivity contribution in [3.63, 3.8) is 0 Å². The van der Waals surface area contributed by atoms with Gasteiger partial charge < -0.3 is 0 Å². The molecule has 1 aliphatic rings. The Bertz CT molecular complexity index is 248. The van der Waals surface area contributed by atoms with Crippen molar-refractivity contribution in [3.05, 3.63) is 36.2 Å². The molecule has 0 saturated heterocycles. The standard InChI is InChI=1S/C9H9FS/c1-7(10)6-8-4-2-3-5-9(8)11/h2-4H,1,5-6H2. The van der Waals surface area contributed by atoms with E-state index in [9.17, 15) is 4.39 Å². The van der Waals surface area contributed by atoms with E-state index in [0.717, 1.165) is 16.9 Å². The summed E-state index contributed by atoms with van der Waals surface area (Å²) in [6.45, 7) is 3.19. The minimum absolute atomic E-state index is 0.267. The highest BCUT2D eigenvalue weighted by Gasteiger charge is 2.06. The van der Waals surface area contributed by atoms with E-state index in [1.165, 1.54) is 0 Å². The molecule has 0 nitrogen and oxygen atoms in total. The van der Waals surface area contributed by atoms with Crippen molar-refractivity contribution in [2.45, 2.75) is 12.8 Å². The van der Waals surface area contributed by atoms with Gasteiger partial charge in [0, 0.05) is 17.7 Å². The summed E-state index contributed by atoms with van der Waals surface area (Å²) in [6, 6.07) is 0. The van der Waals surface area contributed by atoms with Crippen LogP contribution in [0.4, 0.5) is 4.39 Å². The Balaban J connectivity index is 2.68. The van der Waals surface area contributed by atoms with E-state index in [1.54, 1.807) is 0 Å². The lowest BCUT2D eigenvalue weighted by molar-refractivity contribution is 0.619. The maximum atomic E-state index is 12.3. The molecule has 0 unspecified atom stereocenters. The predicted molar refractivity (Wildman–Crippen MR) is 49.3 cm³/mol. The molecule has 1 rings (SSSR count). The summed E-state index contributed by atoms with van der Waals surface area (Å²) < 4.78 is 12.3. The zero-order chi connectivity index (χ0) is 8.27. The van der Waals surface area contributed by atoms with E-state index in [4.69, 9.17) is 12.2 Å². The Hall–Kier alpha value is -0.760. The molecule has 11 heavy (non-hydrogen) atoms. The highest BCUT2D eigenvalue weighted by atomic mass is 32.1. The second kappa shape index (κ2) is 3.58. The van der Waals surface area contributed by atoms with Gasteiger partial charge in [0.15, 0.2) is 0 Å². The van der Waals surface area contributed by atoms with E-state index in [2.05, 4.69) is 6.58 Å². The molecule has 0 spiro atoms. The van der Waals surface area contributed by atoms with Gasteiger partial charge in [0.25, 0.3) is 0 Å². The number of hydrogen-bond acceptors (Lipinski definition) is 1. The van der Waals surface area contributed by atoms with E-state index < -0.39 is 0 Å². The predicted octanol–water partition coefficient (Wildman–Crippen LogP) is 3.12. The maximum Gasteiger partial charge on any atom is 0.0972 e. The van der Waals surface area contributed by atoms with Crippen LogP contribution in [0.5, 0.6) is 0 Å². The lowest BCUT2D eigenvalue weighted by Gasteiger charge is -2.07. The molecule has 1 aliphatic carbocycles. The van der Waals surface area contributed by atoms with Crippen LogP contribution in [0.1, 0.15) is 12.8 Å². The molecule has 0 saturated carbocycles. The fourth-order valence-corrected chi connectivity index (χ4v) is 1.18. The van der Waals surface area contributed by atoms with Crippen molar-refractivity contribution in [3.8, 4) is 0 Å². The molecule has 0 fully saturated rings. The van der Waals surface area contributed by atoms with Crippen molar-refractivity contribution < 1.29 is 4.39 Å². The monoisotopic (exact) mass is 168 g/mol. The van der Waals surface area contributed by atoms with Crippen LogP contribution >= 0.6 is 12.2 Å². The van der Waals surface area contributed by atoms with Gasteiger partial charge in [-0.1, -0.05) is 37.0 Å². The third kappa shape index (κ3) is 2.39. The SMILES string of the molecule is C=C(F)CC1=CC=CCC1=S. The summed E-state index contributed by atoms with van der Waals surface area (Å²) >= 11 is 5.02. The molecule has 0 radical (unpaired) electrons. The molecule has 0 aliphatic heterocycles. The first-order chi connectivity index (χ1) is 5.20. The van der Waals surface area contributed by atoms with Crippen LogP contribution in [0.25, 0.3) is 0 Å². The molecule has 0 aromatic heterocycles. The topological polar surface area (TPSA) is 0 Å². The number of hydrogen-bond donors (Lipinski definition) is 0. The van der Waals surface area contributed by atoms with Crippen LogP contribution in [0.2, 0.25) is 0 Å². The van der Waals surface area contributed by atoms with E-state index in [-0.39, 0.29) is 12.2 Å². The third-order valence-corrected chi connectivity index (χ3v) is 1.91. The van der Waals surface area contributed by atoms with Crippen LogP contribution in [-0.4, -0.2) is 4.86 Å². The lowest BCUT2D eigenvalue weighted by Crippen LogP contribution is -2.01. The van der Waals surface area contributed by atoms with Crippen molar-refractivity contribution in [1.82, 2.24) is 0 Å². The minimum atomic E-state index is -0.325. The number of thiocarbonyl (C=S) groups is 1. The lowest BCUT2D eigenvalue weighted by atomic mass is 10.0. The first-order valence-electron chi connectivity index (χ1n) is 3.42. The normalized spacial score (nSPS) is 16.5. The molecule has 2 heteroatoms. The molecule has 58 valence electrons. The van der Waals surface area contributed by atoms with Gasteiger partial charge in [0.2, 0.25) is 0 Å². The summed E-state index contributed by atoms with van der Waals surface area (Å²) in [5.41, 5.74) is 0.884. The highest BCUT2D eigenvalue weighted by Crippen LogP contribution is 2.17. The van der Waals surface area contributed by atoms with E-state index >= 15 is 0 Å². The quantitative estimate of drug-likeness (QED) is 0.571. The van der Waals surface area contributed by atoms with Gasteiger partial charge >= 0.3 is 0 Å². The summed E-state index contributed by atoms with van der Waals surface area (Å²) in [6.07, 6.45) is 6.73. The van der Waals surface area contributed by atoms with Gasteiger partial charge in [-0.3, -0.25) is 0 Å². The number of allylic oxidation sites excluding steroid dienone is 5. The summed E-state index contributed by atoms with van der Waals surface area (Å²) in [5.74, 6) is -0.325. The molecule has 0 atom stereocenters. The van der Waals surface area contributed by atoms with Crippen LogP contribution in [0, 0.1) is 0 Å².